The Labute approximate surface area is 182 Å². The molecule has 0 N–H and O–H groups in total. The maximum Gasteiger partial charge on any atom is 0.331 e. The van der Waals surface area contributed by atoms with E-state index >= 15 is 0 Å². The van der Waals surface area contributed by atoms with Crippen LogP contribution >= 0.6 is 0 Å². The Morgan fingerprint density at radius 2 is 1.52 bits per heavy atom. The number of nitrogens with zero attached hydrogens (tertiary/aromatic N) is 1. The number of methoxy groups -OCH3 is 3. The van der Waals surface area contributed by atoms with Gasteiger partial charge < -0.3 is 23.8 Å². The van der Waals surface area contributed by atoms with Crippen molar-refractivity contribution >= 4 is 18.0 Å². The maximum absolute atomic E-state index is 13.0. The lowest BCUT2D eigenvalue weighted by Gasteiger charge is -2.23. The summed E-state index contributed by atoms with van der Waals surface area (Å²) in [6, 6.07) is 12.4. The first-order valence-corrected chi connectivity index (χ1v) is 10.1. The quantitative estimate of drug-likeness (QED) is 0.475. The van der Waals surface area contributed by atoms with Gasteiger partial charge in [-0.2, -0.15) is 0 Å². The number of esters is 1. The van der Waals surface area contributed by atoms with Crippen molar-refractivity contribution in [1.82, 2.24) is 4.90 Å². The molecule has 3 rings (SSSR count). The van der Waals surface area contributed by atoms with E-state index in [-0.39, 0.29) is 5.91 Å². The van der Waals surface area contributed by atoms with Crippen molar-refractivity contribution in [2.45, 2.75) is 18.9 Å². The first-order valence-electron chi connectivity index (χ1n) is 10.1. The number of likely N-dealkylation sites (tertiary alicyclic amines) is 1. The van der Waals surface area contributed by atoms with Crippen molar-refractivity contribution in [3.05, 3.63) is 59.7 Å². The monoisotopic (exact) mass is 425 g/mol. The second kappa shape index (κ2) is 10.5. The molecule has 1 amide bonds. The summed E-state index contributed by atoms with van der Waals surface area (Å²) < 4.78 is 21.6. The molecule has 0 aromatic heterocycles. The molecular weight excluding hydrogens is 398 g/mol. The van der Waals surface area contributed by atoms with Gasteiger partial charge in [-0.1, -0.05) is 30.3 Å². The summed E-state index contributed by atoms with van der Waals surface area (Å²) in [5.41, 5.74) is 1.25. The SMILES string of the molecule is COc1cc(OC)c(OC)cc1/C=C/C(=O)O[C@H](C(=O)N1CCCC1)c1ccccc1. The van der Waals surface area contributed by atoms with Crippen molar-refractivity contribution in [2.75, 3.05) is 34.4 Å². The highest BCUT2D eigenvalue weighted by atomic mass is 16.5. The molecular formula is C24H27NO6. The van der Waals surface area contributed by atoms with E-state index in [1.165, 1.54) is 27.4 Å². The summed E-state index contributed by atoms with van der Waals surface area (Å²) >= 11 is 0. The van der Waals surface area contributed by atoms with E-state index in [1.807, 2.05) is 18.2 Å². The average Bonchev–Trinajstić information content (AvgIpc) is 3.35. The third kappa shape index (κ3) is 5.36. The number of hydrogen-bond donors (Lipinski definition) is 0. The van der Waals surface area contributed by atoms with Crippen LogP contribution in [-0.2, 0) is 14.3 Å². The van der Waals surface area contributed by atoms with Crippen molar-refractivity contribution < 1.29 is 28.5 Å². The van der Waals surface area contributed by atoms with E-state index in [0.29, 0.717) is 41.5 Å². The van der Waals surface area contributed by atoms with Crippen molar-refractivity contribution in [1.29, 1.82) is 0 Å². The molecule has 0 bridgehead atoms. The molecule has 1 fully saturated rings. The molecule has 0 unspecified atom stereocenters. The molecule has 1 aliphatic rings. The molecule has 1 aliphatic heterocycles. The van der Waals surface area contributed by atoms with Gasteiger partial charge in [0.2, 0.25) is 6.10 Å². The van der Waals surface area contributed by atoms with Crippen molar-refractivity contribution in [2.24, 2.45) is 0 Å². The van der Waals surface area contributed by atoms with Gasteiger partial charge in [-0.05, 0) is 25.0 Å². The Morgan fingerprint density at radius 1 is 0.903 bits per heavy atom. The summed E-state index contributed by atoms with van der Waals surface area (Å²) in [5, 5.41) is 0. The summed E-state index contributed by atoms with van der Waals surface area (Å²) in [4.78, 5) is 27.3. The molecule has 7 nitrogen and oxygen atoms in total. The Kier molecular flexibility index (Phi) is 7.54. The molecule has 1 atom stereocenters. The molecule has 164 valence electrons. The number of ether oxygens (including phenoxy) is 4. The van der Waals surface area contributed by atoms with Gasteiger partial charge in [-0.3, -0.25) is 4.79 Å². The highest BCUT2D eigenvalue weighted by molar-refractivity contribution is 5.91. The predicted molar refractivity (Wildman–Crippen MR) is 116 cm³/mol. The lowest BCUT2D eigenvalue weighted by molar-refractivity contribution is -0.156. The second-order valence-electron chi connectivity index (χ2n) is 7.04. The number of amides is 1. The van der Waals surface area contributed by atoms with Gasteiger partial charge in [-0.15, -0.1) is 0 Å². The highest BCUT2D eigenvalue weighted by Gasteiger charge is 2.30. The van der Waals surface area contributed by atoms with Crippen LogP contribution in [0.1, 0.15) is 30.1 Å². The van der Waals surface area contributed by atoms with Crippen LogP contribution in [0.3, 0.4) is 0 Å². The van der Waals surface area contributed by atoms with E-state index in [1.54, 1.807) is 35.2 Å². The van der Waals surface area contributed by atoms with Crippen LogP contribution < -0.4 is 14.2 Å². The minimum absolute atomic E-state index is 0.200. The zero-order valence-electron chi connectivity index (χ0n) is 18.0. The highest BCUT2D eigenvalue weighted by Crippen LogP contribution is 2.35. The zero-order chi connectivity index (χ0) is 22.2. The summed E-state index contributed by atoms with van der Waals surface area (Å²) in [6.45, 7) is 1.36. The molecule has 31 heavy (non-hydrogen) atoms. The number of benzene rings is 2. The smallest absolute Gasteiger partial charge is 0.331 e. The molecule has 2 aromatic rings. The molecule has 7 heteroatoms. The third-order valence-electron chi connectivity index (χ3n) is 5.11. The molecule has 0 saturated carbocycles. The van der Waals surface area contributed by atoms with E-state index in [0.717, 1.165) is 12.8 Å². The van der Waals surface area contributed by atoms with Gasteiger partial charge >= 0.3 is 5.97 Å². The standard InChI is InChI=1S/C24H27NO6/c1-28-19-16-21(30-3)20(29-2)15-18(19)11-12-22(26)31-23(17-9-5-4-6-10-17)24(27)25-13-7-8-14-25/h4-6,9-12,15-16,23H,7-8,13-14H2,1-3H3/b12-11+/t23-/m0/s1. The average molecular weight is 425 g/mol. The lowest BCUT2D eigenvalue weighted by Crippen LogP contribution is -2.34. The number of hydrogen-bond acceptors (Lipinski definition) is 6. The van der Waals surface area contributed by atoms with Crippen LogP contribution in [0.15, 0.2) is 48.5 Å². The Morgan fingerprint density at radius 3 is 2.13 bits per heavy atom. The van der Waals surface area contributed by atoms with Gasteiger partial charge in [0.05, 0.1) is 21.3 Å². The Bertz CT molecular complexity index is 935. The second-order valence-corrected chi connectivity index (χ2v) is 7.04. The first kappa shape index (κ1) is 22.2. The summed E-state index contributed by atoms with van der Waals surface area (Å²) in [7, 11) is 4.59. The number of carbonyl (C=O) groups is 2. The minimum Gasteiger partial charge on any atom is -0.496 e. The van der Waals surface area contributed by atoms with Crippen LogP contribution in [-0.4, -0.2) is 51.2 Å². The Balaban J connectivity index is 1.81. The van der Waals surface area contributed by atoms with Gasteiger partial charge in [0.1, 0.15) is 5.75 Å². The predicted octanol–water partition coefficient (Wildman–Crippen LogP) is 3.63. The van der Waals surface area contributed by atoms with Gasteiger partial charge in [-0.25, -0.2) is 4.79 Å². The summed E-state index contributed by atoms with van der Waals surface area (Å²) in [5.74, 6) is 0.698. The molecule has 2 aromatic carbocycles. The summed E-state index contributed by atoms with van der Waals surface area (Å²) in [6.07, 6.45) is 3.77. The zero-order valence-corrected chi connectivity index (χ0v) is 18.0. The van der Waals surface area contributed by atoms with E-state index in [4.69, 9.17) is 18.9 Å². The van der Waals surface area contributed by atoms with Crippen LogP contribution in [0.2, 0.25) is 0 Å². The van der Waals surface area contributed by atoms with Gasteiger partial charge in [0.15, 0.2) is 11.5 Å². The van der Waals surface area contributed by atoms with Crippen LogP contribution in [0.25, 0.3) is 6.08 Å². The van der Waals surface area contributed by atoms with E-state index in [9.17, 15) is 9.59 Å². The van der Waals surface area contributed by atoms with Gasteiger partial charge in [0, 0.05) is 36.4 Å². The molecule has 0 aliphatic carbocycles. The maximum atomic E-state index is 13.0. The van der Waals surface area contributed by atoms with Crippen molar-refractivity contribution in [3.8, 4) is 17.2 Å². The Hall–Kier alpha value is -3.48. The number of carbonyl (C=O) groups excluding carboxylic acids is 2. The minimum atomic E-state index is -0.983. The fourth-order valence-corrected chi connectivity index (χ4v) is 3.49. The molecule has 1 saturated heterocycles. The fraction of sp³-hybridized carbons (Fsp3) is 0.333. The molecule has 1 heterocycles. The largest absolute Gasteiger partial charge is 0.496 e. The number of rotatable bonds is 8. The first-order chi connectivity index (χ1) is 15.1. The normalized spacial score (nSPS) is 14.4. The topological polar surface area (TPSA) is 74.3 Å². The van der Waals surface area contributed by atoms with Crippen LogP contribution in [0, 0.1) is 0 Å². The molecule has 0 radical (unpaired) electrons. The molecule has 0 spiro atoms. The van der Waals surface area contributed by atoms with Crippen molar-refractivity contribution in [3.63, 3.8) is 0 Å². The van der Waals surface area contributed by atoms with E-state index in [2.05, 4.69) is 0 Å². The fourth-order valence-electron chi connectivity index (χ4n) is 3.49. The van der Waals surface area contributed by atoms with Crippen LogP contribution in [0.4, 0.5) is 0 Å². The lowest BCUT2D eigenvalue weighted by atomic mass is 10.1. The van der Waals surface area contributed by atoms with Gasteiger partial charge in [0.25, 0.3) is 5.91 Å². The van der Waals surface area contributed by atoms with E-state index < -0.39 is 12.1 Å². The van der Waals surface area contributed by atoms with Crippen LogP contribution in [0.5, 0.6) is 17.2 Å². The third-order valence-corrected chi connectivity index (χ3v) is 5.11.